The highest BCUT2D eigenvalue weighted by Gasteiger charge is 2.12. The number of hydrogen-bond acceptors (Lipinski definition) is 4. The fourth-order valence-electron chi connectivity index (χ4n) is 2.06. The van der Waals surface area contributed by atoms with E-state index in [1.165, 1.54) is 16.4 Å². The van der Waals surface area contributed by atoms with Crippen molar-refractivity contribution in [3.8, 4) is 5.69 Å². The van der Waals surface area contributed by atoms with E-state index in [0.717, 1.165) is 12.0 Å². The molecule has 0 saturated heterocycles. The normalized spacial score (nSPS) is 10.5. The number of aromatic nitrogens is 4. The van der Waals surface area contributed by atoms with E-state index in [1.807, 2.05) is 36.4 Å². The fourth-order valence-corrected chi connectivity index (χ4v) is 2.06. The first kappa shape index (κ1) is 13.0. The molecule has 0 unspecified atom stereocenters. The van der Waals surface area contributed by atoms with Crippen molar-refractivity contribution in [2.24, 2.45) is 0 Å². The van der Waals surface area contributed by atoms with Crippen LogP contribution in [0.25, 0.3) is 5.69 Å². The predicted octanol–water partition coefficient (Wildman–Crippen LogP) is 1.95. The summed E-state index contributed by atoms with van der Waals surface area (Å²) in [5.41, 5.74) is 3.01. The van der Waals surface area contributed by atoms with Crippen molar-refractivity contribution in [3.05, 3.63) is 71.8 Å². The highest BCUT2D eigenvalue weighted by atomic mass is 16.4. The third-order valence-electron chi connectivity index (χ3n) is 3.11. The van der Waals surface area contributed by atoms with Gasteiger partial charge in [-0.25, -0.2) is 9.48 Å². The van der Waals surface area contributed by atoms with Crippen molar-refractivity contribution >= 4 is 5.97 Å². The van der Waals surface area contributed by atoms with Gasteiger partial charge in [0, 0.05) is 12.4 Å². The van der Waals surface area contributed by atoms with Crippen LogP contribution in [0.5, 0.6) is 0 Å². The SMILES string of the molecule is O=C(O)c1cnnn1-c1ccc(Cc2ccncc2)cc1. The summed E-state index contributed by atoms with van der Waals surface area (Å²) in [5, 5.41) is 16.5. The highest BCUT2D eigenvalue weighted by Crippen LogP contribution is 2.14. The van der Waals surface area contributed by atoms with E-state index >= 15 is 0 Å². The summed E-state index contributed by atoms with van der Waals surface area (Å²) >= 11 is 0. The average Bonchev–Trinajstić information content (AvgIpc) is 2.99. The van der Waals surface area contributed by atoms with Gasteiger partial charge in [0.05, 0.1) is 11.9 Å². The maximum Gasteiger partial charge on any atom is 0.356 e. The molecule has 3 rings (SSSR count). The lowest BCUT2D eigenvalue weighted by Gasteiger charge is -2.05. The van der Waals surface area contributed by atoms with E-state index in [4.69, 9.17) is 5.11 Å². The number of aromatic carboxylic acids is 1. The van der Waals surface area contributed by atoms with Gasteiger partial charge in [-0.05, 0) is 41.8 Å². The number of pyridine rings is 1. The van der Waals surface area contributed by atoms with Crippen LogP contribution in [-0.4, -0.2) is 31.1 Å². The summed E-state index contributed by atoms with van der Waals surface area (Å²) in [4.78, 5) is 15.0. The minimum Gasteiger partial charge on any atom is -0.476 e. The van der Waals surface area contributed by atoms with Crippen LogP contribution < -0.4 is 0 Å². The van der Waals surface area contributed by atoms with Gasteiger partial charge in [-0.3, -0.25) is 4.98 Å². The van der Waals surface area contributed by atoms with E-state index in [0.29, 0.717) is 5.69 Å². The summed E-state index contributed by atoms with van der Waals surface area (Å²) in [6.07, 6.45) is 5.55. The maximum absolute atomic E-state index is 11.1. The second-order valence-corrected chi connectivity index (χ2v) is 4.53. The summed E-state index contributed by atoms with van der Waals surface area (Å²) in [6, 6.07) is 11.5. The first-order chi connectivity index (χ1) is 10.2. The van der Waals surface area contributed by atoms with Crippen LogP contribution in [-0.2, 0) is 6.42 Å². The Balaban J connectivity index is 1.84. The molecule has 0 saturated carbocycles. The van der Waals surface area contributed by atoms with Crippen LogP contribution in [0.15, 0.2) is 55.0 Å². The largest absolute Gasteiger partial charge is 0.476 e. The zero-order valence-corrected chi connectivity index (χ0v) is 11.0. The van der Waals surface area contributed by atoms with Gasteiger partial charge in [-0.15, -0.1) is 5.10 Å². The van der Waals surface area contributed by atoms with Crippen molar-refractivity contribution in [3.63, 3.8) is 0 Å². The number of carbonyl (C=O) groups is 1. The Morgan fingerprint density at radius 3 is 2.38 bits per heavy atom. The maximum atomic E-state index is 11.1. The molecular formula is C15H12N4O2. The third-order valence-corrected chi connectivity index (χ3v) is 3.11. The van der Waals surface area contributed by atoms with Crippen LogP contribution in [0, 0.1) is 0 Å². The molecule has 0 fully saturated rings. The van der Waals surface area contributed by atoms with Gasteiger partial charge in [0.1, 0.15) is 0 Å². The molecule has 3 aromatic rings. The van der Waals surface area contributed by atoms with Crippen LogP contribution in [0.4, 0.5) is 0 Å². The Morgan fingerprint density at radius 1 is 1.05 bits per heavy atom. The quantitative estimate of drug-likeness (QED) is 0.790. The zero-order valence-electron chi connectivity index (χ0n) is 11.0. The van der Waals surface area contributed by atoms with Crippen LogP contribution >= 0.6 is 0 Å². The van der Waals surface area contributed by atoms with Gasteiger partial charge in [-0.2, -0.15) is 0 Å². The first-order valence-corrected chi connectivity index (χ1v) is 6.36. The monoisotopic (exact) mass is 280 g/mol. The molecule has 1 aromatic carbocycles. The molecule has 0 aliphatic rings. The average molecular weight is 280 g/mol. The van der Waals surface area contributed by atoms with E-state index in [1.54, 1.807) is 12.4 Å². The molecule has 6 nitrogen and oxygen atoms in total. The second-order valence-electron chi connectivity index (χ2n) is 4.53. The van der Waals surface area contributed by atoms with Gasteiger partial charge in [0.25, 0.3) is 0 Å². The van der Waals surface area contributed by atoms with Gasteiger partial charge in [0.2, 0.25) is 0 Å². The number of carboxylic acid groups (broad SMARTS) is 1. The molecule has 0 aliphatic carbocycles. The zero-order chi connectivity index (χ0) is 14.7. The number of nitrogens with zero attached hydrogens (tertiary/aromatic N) is 4. The van der Waals surface area contributed by atoms with Crippen molar-refractivity contribution in [2.45, 2.75) is 6.42 Å². The minimum atomic E-state index is -1.05. The molecule has 0 amide bonds. The topological polar surface area (TPSA) is 80.9 Å². The fraction of sp³-hybridized carbons (Fsp3) is 0.0667. The Labute approximate surface area is 120 Å². The van der Waals surface area contributed by atoms with E-state index in [2.05, 4.69) is 15.3 Å². The Kier molecular flexibility index (Phi) is 3.42. The summed E-state index contributed by atoms with van der Waals surface area (Å²) in [6.45, 7) is 0. The Hall–Kier alpha value is -3.02. The van der Waals surface area contributed by atoms with Gasteiger partial charge >= 0.3 is 5.97 Å². The minimum absolute atomic E-state index is 0.0388. The number of carboxylic acids is 1. The lowest BCUT2D eigenvalue weighted by molar-refractivity contribution is 0.0687. The second kappa shape index (κ2) is 5.54. The molecule has 0 radical (unpaired) electrons. The summed E-state index contributed by atoms with van der Waals surface area (Å²) in [7, 11) is 0. The molecule has 0 bridgehead atoms. The predicted molar refractivity (Wildman–Crippen MR) is 75.4 cm³/mol. The molecule has 104 valence electrons. The summed E-state index contributed by atoms with van der Waals surface area (Å²) in [5.74, 6) is -1.05. The molecule has 0 aliphatic heterocycles. The number of hydrogen-bond donors (Lipinski definition) is 1. The van der Waals surface area contributed by atoms with Crippen molar-refractivity contribution in [1.29, 1.82) is 0 Å². The Bertz CT molecular complexity index is 751. The standard InChI is InChI=1S/C15H12N4O2/c20-15(21)14-10-17-18-19(14)13-3-1-11(2-4-13)9-12-5-7-16-8-6-12/h1-8,10H,9H2,(H,20,21). The molecule has 2 aromatic heterocycles. The van der Waals surface area contributed by atoms with Crippen molar-refractivity contribution in [1.82, 2.24) is 20.0 Å². The lowest BCUT2D eigenvalue weighted by Crippen LogP contribution is -2.07. The Morgan fingerprint density at radius 2 is 1.71 bits per heavy atom. The van der Waals surface area contributed by atoms with Crippen molar-refractivity contribution < 1.29 is 9.90 Å². The van der Waals surface area contributed by atoms with E-state index < -0.39 is 5.97 Å². The lowest BCUT2D eigenvalue weighted by atomic mass is 10.1. The smallest absolute Gasteiger partial charge is 0.356 e. The van der Waals surface area contributed by atoms with Crippen LogP contribution in [0.3, 0.4) is 0 Å². The van der Waals surface area contributed by atoms with E-state index in [-0.39, 0.29) is 5.69 Å². The van der Waals surface area contributed by atoms with Gasteiger partial charge in [0.15, 0.2) is 5.69 Å². The molecule has 1 N–H and O–H groups in total. The highest BCUT2D eigenvalue weighted by molar-refractivity contribution is 5.85. The van der Waals surface area contributed by atoms with Crippen LogP contribution in [0.1, 0.15) is 21.6 Å². The molecular weight excluding hydrogens is 268 g/mol. The third kappa shape index (κ3) is 2.79. The molecule has 0 atom stereocenters. The van der Waals surface area contributed by atoms with Crippen molar-refractivity contribution in [2.75, 3.05) is 0 Å². The first-order valence-electron chi connectivity index (χ1n) is 6.36. The molecule has 2 heterocycles. The van der Waals surface area contributed by atoms with E-state index in [9.17, 15) is 4.79 Å². The molecule has 0 spiro atoms. The molecule has 6 heteroatoms. The van der Waals surface area contributed by atoms with Crippen LogP contribution in [0.2, 0.25) is 0 Å². The van der Waals surface area contributed by atoms with Gasteiger partial charge < -0.3 is 5.11 Å². The molecule has 21 heavy (non-hydrogen) atoms. The summed E-state index contributed by atoms with van der Waals surface area (Å²) < 4.78 is 1.30. The number of rotatable bonds is 4. The van der Waals surface area contributed by atoms with Gasteiger partial charge in [-0.1, -0.05) is 17.3 Å². The number of benzene rings is 1.